The first-order valence-electron chi connectivity index (χ1n) is 10.0. The van der Waals surface area contributed by atoms with Gasteiger partial charge in [0.1, 0.15) is 5.82 Å². The van der Waals surface area contributed by atoms with Crippen LogP contribution in [0, 0.1) is 5.82 Å². The van der Waals surface area contributed by atoms with E-state index in [-0.39, 0.29) is 10.9 Å². The Morgan fingerprint density at radius 1 is 0.969 bits per heavy atom. The van der Waals surface area contributed by atoms with Gasteiger partial charge in [0, 0.05) is 12.5 Å². The number of alkyl halides is 3. The standard InChI is InChI=1S/C22H25F4NO4S/c1-31-21(28)7-5-3-2-4-6-20(16-8-12-18(23)13-9-16)27-32(29,30)19-14-10-17(11-15-19)22(24,25)26/h8-15,20,27H,2-7H2,1H3. The molecule has 0 aliphatic carbocycles. The second-order valence-corrected chi connectivity index (χ2v) is 8.99. The van der Waals surface area contributed by atoms with Crippen molar-refractivity contribution in [2.24, 2.45) is 0 Å². The first-order valence-corrected chi connectivity index (χ1v) is 11.5. The van der Waals surface area contributed by atoms with Crippen molar-refractivity contribution >= 4 is 16.0 Å². The zero-order chi connectivity index (χ0) is 23.8. The maximum atomic E-state index is 13.3. The van der Waals surface area contributed by atoms with Crippen LogP contribution in [0.4, 0.5) is 17.6 Å². The molecule has 0 bridgehead atoms. The third-order valence-electron chi connectivity index (χ3n) is 4.91. The molecule has 2 aromatic carbocycles. The van der Waals surface area contributed by atoms with Crippen molar-refractivity contribution < 1.29 is 35.5 Å². The van der Waals surface area contributed by atoms with Crippen LogP contribution in [-0.4, -0.2) is 21.5 Å². The van der Waals surface area contributed by atoms with E-state index in [1.165, 1.54) is 31.4 Å². The molecule has 32 heavy (non-hydrogen) atoms. The molecular formula is C22H25F4NO4S. The number of carbonyl (C=O) groups excluding carboxylic acids is 1. The van der Waals surface area contributed by atoms with Gasteiger partial charge in [-0.1, -0.05) is 31.4 Å². The fraction of sp³-hybridized carbons (Fsp3) is 0.409. The Balaban J connectivity index is 2.08. The Hall–Kier alpha value is -2.46. The summed E-state index contributed by atoms with van der Waals surface area (Å²) in [7, 11) is -2.80. The normalized spacial score (nSPS) is 13.0. The monoisotopic (exact) mass is 475 g/mol. The fourth-order valence-corrected chi connectivity index (χ4v) is 4.40. The minimum Gasteiger partial charge on any atom is -0.469 e. The third-order valence-corrected chi connectivity index (χ3v) is 6.40. The maximum Gasteiger partial charge on any atom is 0.416 e. The Morgan fingerprint density at radius 3 is 2.12 bits per heavy atom. The molecule has 0 aromatic heterocycles. The van der Waals surface area contributed by atoms with Gasteiger partial charge in [-0.15, -0.1) is 0 Å². The lowest BCUT2D eigenvalue weighted by molar-refractivity contribution is -0.140. The van der Waals surface area contributed by atoms with E-state index in [0.29, 0.717) is 43.4 Å². The number of hydrogen-bond donors (Lipinski definition) is 1. The molecule has 0 amide bonds. The van der Waals surface area contributed by atoms with Crippen molar-refractivity contribution in [1.29, 1.82) is 0 Å². The summed E-state index contributed by atoms with van der Waals surface area (Å²) < 4.78 is 84.2. The number of ether oxygens (including phenoxy) is 1. The van der Waals surface area contributed by atoms with Crippen LogP contribution < -0.4 is 4.72 Å². The van der Waals surface area contributed by atoms with Gasteiger partial charge in [0.25, 0.3) is 0 Å². The van der Waals surface area contributed by atoms with E-state index in [1.54, 1.807) is 0 Å². The molecule has 0 spiro atoms. The Bertz CT molecular complexity index is 974. The van der Waals surface area contributed by atoms with Gasteiger partial charge in [0.15, 0.2) is 0 Å². The van der Waals surface area contributed by atoms with Crippen LogP contribution >= 0.6 is 0 Å². The number of esters is 1. The molecule has 0 radical (unpaired) electrons. The van der Waals surface area contributed by atoms with Gasteiger partial charge in [-0.3, -0.25) is 4.79 Å². The Morgan fingerprint density at radius 2 is 1.56 bits per heavy atom. The molecule has 176 valence electrons. The molecule has 1 N–H and O–H groups in total. The van der Waals surface area contributed by atoms with Crippen LogP contribution in [-0.2, 0) is 25.7 Å². The van der Waals surface area contributed by atoms with Crippen molar-refractivity contribution in [3.8, 4) is 0 Å². The number of benzene rings is 2. The lowest BCUT2D eigenvalue weighted by Gasteiger charge is -2.20. The molecule has 0 saturated carbocycles. The lowest BCUT2D eigenvalue weighted by atomic mass is 10.0. The van der Waals surface area contributed by atoms with Gasteiger partial charge in [0.2, 0.25) is 10.0 Å². The number of hydrogen-bond acceptors (Lipinski definition) is 4. The largest absolute Gasteiger partial charge is 0.469 e. The average molecular weight is 476 g/mol. The summed E-state index contributed by atoms with van der Waals surface area (Å²) in [6.45, 7) is 0. The minimum absolute atomic E-state index is 0.293. The summed E-state index contributed by atoms with van der Waals surface area (Å²) in [5, 5.41) is 0. The average Bonchev–Trinajstić information content (AvgIpc) is 2.75. The van der Waals surface area contributed by atoms with Crippen molar-refractivity contribution in [2.45, 2.75) is 55.6 Å². The second-order valence-electron chi connectivity index (χ2n) is 7.28. The van der Waals surface area contributed by atoms with E-state index >= 15 is 0 Å². The number of halogens is 4. The van der Waals surface area contributed by atoms with Crippen LogP contribution in [0.2, 0.25) is 0 Å². The Labute approximate surface area is 184 Å². The number of methoxy groups -OCH3 is 1. The van der Waals surface area contributed by atoms with Crippen molar-refractivity contribution in [3.05, 3.63) is 65.5 Å². The molecular weight excluding hydrogens is 450 g/mol. The minimum atomic E-state index is -4.57. The van der Waals surface area contributed by atoms with E-state index in [0.717, 1.165) is 25.0 Å². The molecule has 2 rings (SSSR count). The van der Waals surface area contributed by atoms with Crippen LogP contribution in [0.5, 0.6) is 0 Å². The van der Waals surface area contributed by atoms with E-state index in [2.05, 4.69) is 9.46 Å². The van der Waals surface area contributed by atoms with E-state index in [1.807, 2.05) is 0 Å². The molecule has 0 aliphatic heterocycles. The Kier molecular flexibility index (Phi) is 9.21. The predicted molar refractivity (Wildman–Crippen MR) is 111 cm³/mol. The van der Waals surface area contributed by atoms with Crippen LogP contribution in [0.1, 0.15) is 55.7 Å². The summed E-state index contributed by atoms with van der Waals surface area (Å²) in [4.78, 5) is 10.8. The highest BCUT2D eigenvalue weighted by Gasteiger charge is 2.31. The number of sulfonamides is 1. The van der Waals surface area contributed by atoms with E-state index in [4.69, 9.17) is 0 Å². The summed E-state index contributed by atoms with van der Waals surface area (Å²) in [6.07, 6.45) is -1.13. The van der Waals surface area contributed by atoms with Crippen LogP contribution in [0.25, 0.3) is 0 Å². The summed E-state index contributed by atoms with van der Waals surface area (Å²) in [5.74, 6) is -0.764. The number of nitrogens with one attached hydrogen (secondary N) is 1. The SMILES string of the molecule is COC(=O)CCCCCCC(NS(=O)(=O)c1ccc(C(F)(F)F)cc1)c1ccc(F)cc1. The first-order chi connectivity index (χ1) is 15.0. The molecule has 0 saturated heterocycles. The maximum absolute atomic E-state index is 13.3. The number of carbonyl (C=O) groups is 1. The molecule has 0 fully saturated rings. The smallest absolute Gasteiger partial charge is 0.416 e. The van der Waals surface area contributed by atoms with Crippen molar-refractivity contribution in [3.63, 3.8) is 0 Å². The van der Waals surface area contributed by atoms with Gasteiger partial charge in [-0.2, -0.15) is 13.2 Å². The summed E-state index contributed by atoms with van der Waals surface area (Å²) in [6, 6.07) is 7.89. The highest BCUT2D eigenvalue weighted by Crippen LogP contribution is 2.30. The van der Waals surface area contributed by atoms with E-state index in [9.17, 15) is 30.8 Å². The highest BCUT2D eigenvalue weighted by atomic mass is 32.2. The molecule has 0 heterocycles. The third kappa shape index (κ3) is 7.90. The molecule has 0 aliphatic rings. The second kappa shape index (κ2) is 11.4. The van der Waals surface area contributed by atoms with E-state index < -0.39 is 33.6 Å². The zero-order valence-corrected chi connectivity index (χ0v) is 18.3. The molecule has 1 atom stereocenters. The van der Waals surface area contributed by atoms with Gasteiger partial charge in [-0.05, 0) is 54.8 Å². The zero-order valence-electron chi connectivity index (χ0n) is 17.5. The van der Waals surface area contributed by atoms with Crippen molar-refractivity contribution in [2.75, 3.05) is 7.11 Å². The molecule has 10 heteroatoms. The lowest BCUT2D eigenvalue weighted by Crippen LogP contribution is -2.29. The van der Waals surface area contributed by atoms with Crippen LogP contribution in [0.15, 0.2) is 53.4 Å². The first kappa shape index (κ1) is 25.8. The van der Waals surface area contributed by atoms with Crippen LogP contribution in [0.3, 0.4) is 0 Å². The van der Waals surface area contributed by atoms with Crippen molar-refractivity contribution in [1.82, 2.24) is 4.72 Å². The quantitative estimate of drug-likeness (QED) is 0.269. The summed E-state index contributed by atoms with van der Waals surface area (Å²) in [5.41, 5.74) is -0.407. The highest BCUT2D eigenvalue weighted by molar-refractivity contribution is 7.89. The molecule has 1 unspecified atom stereocenters. The topological polar surface area (TPSA) is 72.5 Å². The molecule has 2 aromatic rings. The van der Waals surface area contributed by atoms with Gasteiger partial charge in [0.05, 0.1) is 17.6 Å². The van der Waals surface area contributed by atoms with Gasteiger partial charge in [-0.25, -0.2) is 17.5 Å². The van der Waals surface area contributed by atoms with Gasteiger partial charge < -0.3 is 4.74 Å². The number of rotatable bonds is 11. The summed E-state index contributed by atoms with van der Waals surface area (Å²) >= 11 is 0. The number of unbranched alkanes of at least 4 members (excludes halogenated alkanes) is 3. The van der Waals surface area contributed by atoms with Gasteiger partial charge >= 0.3 is 12.1 Å². The predicted octanol–water partition coefficient (Wildman–Crippen LogP) is 5.38. The molecule has 5 nitrogen and oxygen atoms in total. The fourth-order valence-electron chi connectivity index (χ4n) is 3.14.